The van der Waals surface area contributed by atoms with Gasteiger partial charge >= 0.3 is 0 Å². The van der Waals surface area contributed by atoms with E-state index >= 15 is 0 Å². The topological polar surface area (TPSA) is 54.5 Å². The Morgan fingerprint density at radius 2 is 2.00 bits per heavy atom. The Kier molecular flexibility index (Phi) is 4.46. The van der Waals surface area contributed by atoms with Crippen molar-refractivity contribution < 1.29 is 13.2 Å². The van der Waals surface area contributed by atoms with Gasteiger partial charge in [0.15, 0.2) is 9.84 Å². The molecule has 4 nitrogen and oxygen atoms in total. The van der Waals surface area contributed by atoms with Crippen LogP contribution in [0.1, 0.15) is 12.0 Å². The Morgan fingerprint density at radius 1 is 1.32 bits per heavy atom. The van der Waals surface area contributed by atoms with Crippen molar-refractivity contribution in [2.75, 3.05) is 11.5 Å². The molecule has 2 aliphatic heterocycles. The second kappa shape index (κ2) is 6.07. The van der Waals surface area contributed by atoms with Gasteiger partial charge in [-0.15, -0.1) is 0 Å². The van der Waals surface area contributed by atoms with Crippen LogP contribution in [0.25, 0.3) is 6.08 Å². The van der Waals surface area contributed by atoms with E-state index in [1.807, 2.05) is 24.3 Å². The molecule has 1 atom stereocenters. The van der Waals surface area contributed by atoms with E-state index in [4.69, 9.17) is 12.2 Å². The van der Waals surface area contributed by atoms with Crippen molar-refractivity contribution >= 4 is 66.1 Å². The monoisotopic (exact) mass is 417 g/mol. The van der Waals surface area contributed by atoms with Gasteiger partial charge in [-0.25, -0.2) is 8.42 Å². The predicted molar refractivity (Wildman–Crippen MR) is 96.2 cm³/mol. The first kappa shape index (κ1) is 16.2. The Bertz CT molecular complexity index is 771. The van der Waals surface area contributed by atoms with Crippen LogP contribution in [-0.4, -0.2) is 41.1 Å². The lowest BCUT2D eigenvalue weighted by Crippen LogP contribution is -2.39. The van der Waals surface area contributed by atoms with Crippen LogP contribution in [0.4, 0.5) is 0 Å². The fraction of sp³-hybridized carbons (Fsp3) is 0.286. The summed E-state index contributed by atoms with van der Waals surface area (Å²) in [5, 5.41) is 0. The lowest BCUT2D eigenvalue weighted by atomic mass is 10.2. The van der Waals surface area contributed by atoms with E-state index in [1.165, 1.54) is 16.7 Å². The van der Waals surface area contributed by atoms with Crippen molar-refractivity contribution in [3.8, 4) is 0 Å². The zero-order valence-electron chi connectivity index (χ0n) is 11.4. The largest absolute Gasteiger partial charge is 0.289 e. The summed E-state index contributed by atoms with van der Waals surface area (Å²) in [6.45, 7) is 0. The molecule has 2 aliphatic rings. The van der Waals surface area contributed by atoms with Gasteiger partial charge in [-0.3, -0.25) is 9.69 Å². The standard InChI is InChI=1S/C14H12BrNO3S3/c15-10-3-1-9(2-4-10)7-12-13(17)16(14(20)21-12)11-5-6-22(18,19)8-11/h1-4,7,11H,5-6,8H2/b12-7+. The molecule has 1 unspecified atom stereocenters. The Labute approximate surface area is 147 Å². The number of carbonyl (C=O) groups excluding carboxylic acids is 1. The molecule has 3 rings (SSSR count). The second-order valence-corrected chi connectivity index (χ2v) is 9.98. The number of sulfone groups is 1. The zero-order chi connectivity index (χ0) is 15.9. The molecule has 0 saturated carbocycles. The molecule has 0 aliphatic carbocycles. The third-order valence-electron chi connectivity index (χ3n) is 3.56. The highest BCUT2D eigenvalue weighted by atomic mass is 79.9. The highest BCUT2D eigenvalue weighted by Crippen LogP contribution is 2.36. The van der Waals surface area contributed by atoms with Gasteiger partial charge in [-0.05, 0) is 30.2 Å². The number of benzene rings is 1. The maximum Gasteiger partial charge on any atom is 0.266 e. The molecule has 0 bridgehead atoms. The molecule has 2 heterocycles. The minimum Gasteiger partial charge on any atom is -0.289 e. The van der Waals surface area contributed by atoms with E-state index in [9.17, 15) is 13.2 Å². The molecule has 2 saturated heterocycles. The van der Waals surface area contributed by atoms with Gasteiger partial charge < -0.3 is 0 Å². The van der Waals surface area contributed by atoms with E-state index < -0.39 is 9.84 Å². The van der Waals surface area contributed by atoms with E-state index in [1.54, 1.807) is 6.08 Å². The van der Waals surface area contributed by atoms with Crippen molar-refractivity contribution in [3.05, 3.63) is 39.2 Å². The molecular formula is C14H12BrNO3S3. The SMILES string of the molecule is O=C1/C(=C\c2ccc(Br)cc2)SC(=S)N1C1CCS(=O)(=O)C1. The quantitative estimate of drug-likeness (QED) is 0.546. The summed E-state index contributed by atoms with van der Waals surface area (Å²) in [7, 11) is -3.05. The fourth-order valence-corrected chi connectivity index (χ4v) is 5.85. The van der Waals surface area contributed by atoms with Gasteiger partial charge in [0.1, 0.15) is 4.32 Å². The zero-order valence-corrected chi connectivity index (χ0v) is 15.4. The average molecular weight is 418 g/mol. The third-order valence-corrected chi connectivity index (χ3v) is 7.17. The molecule has 1 aromatic rings. The summed E-state index contributed by atoms with van der Waals surface area (Å²) >= 11 is 9.86. The van der Waals surface area contributed by atoms with E-state index in [-0.39, 0.29) is 23.5 Å². The molecule has 1 amide bonds. The molecule has 0 N–H and O–H groups in total. The van der Waals surface area contributed by atoms with Gasteiger partial charge in [0, 0.05) is 4.47 Å². The molecule has 22 heavy (non-hydrogen) atoms. The van der Waals surface area contributed by atoms with Crippen molar-refractivity contribution in [2.24, 2.45) is 0 Å². The average Bonchev–Trinajstić information content (AvgIpc) is 2.93. The van der Waals surface area contributed by atoms with E-state index in [0.29, 0.717) is 15.6 Å². The van der Waals surface area contributed by atoms with Crippen LogP contribution in [0.2, 0.25) is 0 Å². The van der Waals surface area contributed by atoms with Gasteiger partial charge in [0.2, 0.25) is 0 Å². The molecule has 0 radical (unpaired) electrons. The number of rotatable bonds is 2. The number of halogens is 1. The van der Waals surface area contributed by atoms with Crippen molar-refractivity contribution in [3.63, 3.8) is 0 Å². The summed E-state index contributed by atoms with van der Waals surface area (Å²) in [6, 6.07) is 7.27. The second-order valence-electron chi connectivity index (χ2n) is 5.16. The molecule has 0 spiro atoms. The highest BCUT2D eigenvalue weighted by molar-refractivity contribution is 9.10. The normalized spacial score (nSPS) is 26.1. The first-order valence-electron chi connectivity index (χ1n) is 6.59. The Morgan fingerprint density at radius 3 is 2.59 bits per heavy atom. The summed E-state index contributed by atoms with van der Waals surface area (Å²) in [5.74, 6) is -0.0640. The summed E-state index contributed by atoms with van der Waals surface area (Å²) < 4.78 is 24.6. The van der Waals surface area contributed by atoms with Crippen LogP contribution >= 0.6 is 39.9 Å². The summed E-state index contributed by atoms with van der Waals surface area (Å²) in [5.41, 5.74) is 0.905. The molecular weight excluding hydrogens is 406 g/mol. The van der Waals surface area contributed by atoms with Gasteiger partial charge in [-0.2, -0.15) is 0 Å². The lowest BCUT2D eigenvalue weighted by molar-refractivity contribution is -0.123. The molecule has 116 valence electrons. The molecule has 2 fully saturated rings. The number of thiocarbonyl (C=S) groups is 1. The van der Waals surface area contributed by atoms with Gasteiger partial charge in [-0.1, -0.05) is 52.0 Å². The fourth-order valence-electron chi connectivity index (χ4n) is 2.48. The van der Waals surface area contributed by atoms with Crippen LogP contribution in [0, 0.1) is 0 Å². The van der Waals surface area contributed by atoms with Gasteiger partial charge in [0.05, 0.1) is 22.5 Å². The number of hydrogen-bond acceptors (Lipinski definition) is 5. The van der Waals surface area contributed by atoms with Crippen molar-refractivity contribution in [2.45, 2.75) is 12.5 Å². The van der Waals surface area contributed by atoms with Crippen molar-refractivity contribution in [1.29, 1.82) is 0 Å². The number of carbonyl (C=O) groups is 1. The number of nitrogens with zero attached hydrogens (tertiary/aromatic N) is 1. The van der Waals surface area contributed by atoms with E-state index in [2.05, 4.69) is 15.9 Å². The Balaban J connectivity index is 1.84. The minimum absolute atomic E-state index is 0.00496. The summed E-state index contributed by atoms with van der Waals surface area (Å²) in [4.78, 5) is 14.5. The number of hydrogen-bond donors (Lipinski definition) is 0. The van der Waals surface area contributed by atoms with Crippen LogP contribution in [0.5, 0.6) is 0 Å². The third kappa shape index (κ3) is 3.29. The van der Waals surface area contributed by atoms with Crippen LogP contribution in [0.15, 0.2) is 33.6 Å². The molecule has 1 aromatic carbocycles. The van der Waals surface area contributed by atoms with Gasteiger partial charge in [0.25, 0.3) is 5.91 Å². The smallest absolute Gasteiger partial charge is 0.266 e. The maximum absolute atomic E-state index is 12.5. The van der Waals surface area contributed by atoms with Crippen LogP contribution in [-0.2, 0) is 14.6 Å². The lowest BCUT2D eigenvalue weighted by Gasteiger charge is -2.20. The Hall–Kier alpha value is -0.700. The van der Waals surface area contributed by atoms with Crippen LogP contribution < -0.4 is 0 Å². The van der Waals surface area contributed by atoms with Crippen molar-refractivity contribution in [1.82, 2.24) is 4.90 Å². The van der Waals surface area contributed by atoms with Crippen LogP contribution in [0.3, 0.4) is 0 Å². The molecule has 0 aromatic heterocycles. The number of thioether (sulfide) groups is 1. The molecule has 8 heteroatoms. The number of amides is 1. The maximum atomic E-state index is 12.5. The van der Waals surface area contributed by atoms with E-state index in [0.717, 1.165) is 10.0 Å². The summed E-state index contributed by atoms with van der Waals surface area (Å²) in [6.07, 6.45) is 2.25. The minimum atomic E-state index is -3.05. The first-order valence-corrected chi connectivity index (χ1v) is 10.4. The highest BCUT2D eigenvalue weighted by Gasteiger charge is 2.41. The first-order chi connectivity index (χ1) is 10.4. The predicted octanol–water partition coefficient (Wildman–Crippen LogP) is 2.84.